The Kier molecular flexibility index (Phi) is 4.47. The van der Waals surface area contributed by atoms with E-state index in [-0.39, 0.29) is 5.92 Å². The highest BCUT2D eigenvalue weighted by molar-refractivity contribution is 7.89. The lowest BCUT2D eigenvalue weighted by atomic mass is 9.96. The average molecular weight is 401 g/mol. The minimum absolute atomic E-state index is 0.283. The molecular weight excluding hydrogens is 376 g/mol. The molecule has 0 amide bonds. The fraction of sp³-hybridized carbons (Fsp3) is 0.500. The Morgan fingerprint density at radius 3 is 2.82 bits per heavy atom. The summed E-state index contributed by atoms with van der Waals surface area (Å²) in [5.41, 5.74) is 3.42. The minimum Gasteiger partial charge on any atom is -0.493 e. The summed E-state index contributed by atoms with van der Waals surface area (Å²) in [4.78, 5) is 2.49. The molecule has 0 spiro atoms. The number of fused-ring (bicyclic) bond motifs is 2. The van der Waals surface area contributed by atoms with Gasteiger partial charge in [-0.2, -0.15) is 5.10 Å². The van der Waals surface area contributed by atoms with Crippen LogP contribution in [-0.2, 0) is 29.3 Å². The van der Waals surface area contributed by atoms with Gasteiger partial charge in [0.25, 0.3) is 0 Å². The largest absolute Gasteiger partial charge is 0.493 e. The summed E-state index contributed by atoms with van der Waals surface area (Å²) in [5.74, 6) is 1.99. The summed E-state index contributed by atoms with van der Waals surface area (Å²) in [6, 6.07) is 7.24. The van der Waals surface area contributed by atoms with E-state index in [1.165, 1.54) is 18.4 Å². The first-order valence-electron chi connectivity index (χ1n) is 9.94. The van der Waals surface area contributed by atoms with Gasteiger partial charge in [-0.1, -0.05) is 0 Å². The van der Waals surface area contributed by atoms with Crippen LogP contribution in [0.15, 0.2) is 29.2 Å². The molecule has 1 fully saturated rings. The lowest BCUT2D eigenvalue weighted by molar-refractivity contribution is 0.356. The topological polar surface area (TPSA) is 84.4 Å². The molecule has 8 heteroatoms. The van der Waals surface area contributed by atoms with Crippen molar-refractivity contribution >= 4 is 15.8 Å². The van der Waals surface area contributed by atoms with Crippen molar-refractivity contribution in [1.82, 2.24) is 14.9 Å². The molecule has 1 aliphatic carbocycles. The van der Waals surface area contributed by atoms with Gasteiger partial charge in [-0.05, 0) is 61.1 Å². The van der Waals surface area contributed by atoms with Crippen molar-refractivity contribution in [3.05, 3.63) is 41.1 Å². The number of anilines is 1. The van der Waals surface area contributed by atoms with E-state index in [0.717, 1.165) is 55.2 Å². The average Bonchev–Trinajstić information content (AvgIpc) is 3.14. The Balaban J connectivity index is 1.18. The molecule has 7 nitrogen and oxygen atoms in total. The first kappa shape index (κ1) is 17.9. The van der Waals surface area contributed by atoms with Crippen LogP contribution >= 0.6 is 0 Å². The van der Waals surface area contributed by atoms with Crippen LogP contribution in [0.25, 0.3) is 0 Å². The van der Waals surface area contributed by atoms with Crippen molar-refractivity contribution < 1.29 is 13.2 Å². The number of hydrogen-bond acceptors (Lipinski definition) is 6. The smallest absolute Gasteiger partial charge is 0.240 e. The van der Waals surface area contributed by atoms with Gasteiger partial charge in [0, 0.05) is 32.0 Å². The Morgan fingerprint density at radius 1 is 1.07 bits per heavy atom. The zero-order valence-corrected chi connectivity index (χ0v) is 16.5. The molecule has 148 valence electrons. The monoisotopic (exact) mass is 400 g/mol. The van der Waals surface area contributed by atoms with Crippen LogP contribution in [0.5, 0.6) is 5.75 Å². The lowest BCUT2D eigenvalue weighted by Crippen LogP contribution is -2.52. The van der Waals surface area contributed by atoms with Crippen molar-refractivity contribution in [2.24, 2.45) is 5.92 Å². The molecule has 5 rings (SSSR count). The third-order valence-corrected chi connectivity index (χ3v) is 7.29. The summed E-state index contributed by atoms with van der Waals surface area (Å²) < 4.78 is 33.4. The van der Waals surface area contributed by atoms with Crippen LogP contribution in [-0.4, -0.2) is 44.9 Å². The highest BCUT2D eigenvalue weighted by Crippen LogP contribution is 2.29. The lowest BCUT2D eigenvalue weighted by Gasteiger charge is -2.40. The quantitative estimate of drug-likeness (QED) is 0.823. The normalized spacial score (nSPS) is 18.9. The fourth-order valence-corrected chi connectivity index (χ4v) is 5.33. The summed E-state index contributed by atoms with van der Waals surface area (Å²) in [7, 11) is -3.50. The second-order valence-corrected chi connectivity index (χ2v) is 9.64. The number of aromatic nitrogens is 2. The Labute approximate surface area is 165 Å². The van der Waals surface area contributed by atoms with Crippen molar-refractivity contribution in [3.63, 3.8) is 0 Å². The number of sulfonamides is 1. The van der Waals surface area contributed by atoms with Gasteiger partial charge >= 0.3 is 0 Å². The number of aryl methyl sites for hydroxylation is 2. The van der Waals surface area contributed by atoms with Gasteiger partial charge in [0.05, 0.1) is 17.2 Å². The molecular formula is C20H24N4O3S. The number of nitrogens with one attached hydrogen (secondary N) is 1. The third kappa shape index (κ3) is 3.35. The third-order valence-electron chi connectivity index (χ3n) is 5.87. The molecule has 2 aliphatic heterocycles. The Bertz CT molecular complexity index is 1000. The molecule has 0 unspecified atom stereocenters. The molecule has 2 aromatic rings. The maximum absolute atomic E-state index is 12.6. The zero-order chi connectivity index (χ0) is 19.1. The molecule has 1 aromatic carbocycles. The molecule has 0 atom stereocenters. The van der Waals surface area contributed by atoms with Crippen LogP contribution in [0.4, 0.5) is 5.82 Å². The van der Waals surface area contributed by atoms with E-state index in [0.29, 0.717) is 18.0 Å². The van der Waals surface area contributed by atoms with Gasteiger partial charge in [0.2, 0.25) is 10.0 Å². The molecule has 0 bridgehead atoms. The second-order valence-electron chi connectivity index (χ2n) is 7.87. The number of hydrogen-bond donors (Lipinski definition) is 1. The second kappa shape index (κ2) is 7.00. The van der Waals surface area contributed by atoms with E-state index in [9.17, 15) is 8.42 Å². The zero-order valence-electron chi connectivity index (χ0n) is 15.7. The number of rotatable bonds is 5. The van der Waals surface area contributed by atoms with Gasteiger partial charge < -0.3 is 9.64 Å². The Hall–Kier alpha value is -2.19. The maximum atomic E-state index is 12.6. The summed E-state index contributed by atoms with van der Waals surface area (Å²) in [5, 5.41) is 8.75. The summed E-state index contributed by atoms with van der Waals surface area (Å²) >= 11 is 0. The van der Waals surface area contributed by atoms with Crippen LogP contribution in [0.1, 0.15) is 29.7 Å². The van der Waals surface area contributed by atoms with Crippen molar-refractivity contribution in [3.8, 4) is 5.75 Å². The van der Waals surface area contributed by atoms with Crippen LogP contribution < -0.4 is 14.4 Å². The van der Waals surface area contributed by atoms with E-state index in [2.05, 4.69) is 25.9 Å². The molecule has 1 N–H and O–H groups in total. The minimum atomic E-state index is -3.50. The van der Waals surface area contributed by atoms with Crippen LogP contribution in [0.3, 0.4) is 0 Å². The van der Waals surface area contributed by atoms with E-state index < -0.39 is 10.0 Å². The molecule has 28 heavy (non-hydrogen) atoms. The first-order valence-corrected chi connectivity index (χ1v) is 11.4. The van der Waals surface area contributed by atoms with Crippen molar-refractivity contribution in [1.29, 1.82) is 0 Å². The van der Waals surface area contributed by atoms with E-state index in [4.69, 9.17) is 4.74 Å². The highest BCUT2D eigenvalue weighted by atomic mass is 32.2. The Morgan fingerprint density at radius 2 is 1.93 bits per heavy atom. The van der Waals surface area contributed by atoms with E-state index >= 15 is 0 Å². The number of benzene rings is 1. The molecule has 1 aromatic heterocycles. The van der Waals surface area contributed by atoms with Crippen molar-refractivity contribution in [2.45, 2.75) is 37.0 Å². The first-order chi connectivity index (χ1) is 13.6. The van der Waals surface area contributed by atoms with Gasteiger partial charge in [0.15, 0.2) is 5.82 Å². The molecule has 3 heterocycles. The fourth-order valence-electron chi connectivity index (χ4n) is 4.16. The van der Waals surface area contributed by atoms with Gasteiger partial charge in [0.1, 0.15) is 5.75 Å². The van der Waals surface area contributed by atoms with E-state index in [1.807, 2.05) is 0 Å². The summed E-state index contributed by atoms with van der Waals surface area (Å²) in [6.07, 6.45) is 5.29. The van der Waals surface area contributed by atoms with Crippen molar-refractivity contribution in [2.75, 3.05) is 31.1 Å². The molecule has 0 radical (unpaired) electrons. The van der Waals surface area contributed by atoms with Crippen LogP contribution in [0, 0.1) is 5.92 Å². The van der Waals surface area contributed by atoms with Crippen LogP contribution in [0.2, 0.25) is 0 Å². The standard InChI is InChI=1S/C20H24N4O3S/c25-28(26,17-5-6-19-16(9-17)7-8-27-19)21-11-14-12-24(13-14)20-10-15-3-1-2-4-18(15)22-23-20/h5-6,9-10,14,21H,1-4,7-8,11-13H2. The summed E-state index contributed by atoms with van der Waals surface area (Å²) in [6.45, 7) is 2.66. The number of nitrogens with zero attached hydrogens (tertiary/aromatic N) is 3. The van der Waals surface area contributed by atoms with Gasteiger partial charge in [-0.15, -0.1) is 5.10 Å². The van der Waals surface area contributed by atoms with Gasteiger partial charge in [-0.3, -0.25) is 0 Å². The highest BCUT2D eigenvalue weighted by Gasteiger charge is 2.30. The van der Waals surface area contributed by atoms with Gasteiger partial charge in [-0.25, -0.2) is 13.1 Å². The molecule has 1 saturated heterocycles. The number of ether oxygens (including phenoxy) is 1. The SMILES string of the molecule is O=S(=O)(NCC1CN(c2cc3c(nn2)CCCC3)C1)c1ccc2c(c1)CCO2. The van der Waals surface area contributed by atoms with E-state index in [1.54, 1.807) is 18.2 Å². The predicted molar refractivity (Wildman–Crippen MR) is 105 cm³/mol. The molecule has 0 saturated carbocycles. The predicted octanol–water partition coefficient (Wildman–Crippen LogP) is 1.70. The molecule has 3 aliphatic rings. The maximum Gasteiger partial charge on any atom is 0.240 e.